The van der Waals surface area contributed by atoms with E-state index in [1.165, 1.54) is 18.6 Å². The fourth-order valence-corrected chi connectivity index (χ4v) is 19.8. The fourth-order valence-electron chi connectivity index (χ4n) is 18.6. The molecule has 0 spiro atoms. The van der Waals surface area contributed by atoms with Gasteiger partial charge < -0.3 is 56.8 Å². The summed E-state index contributed by atoms with van der Waals surface area (Å²) in [5.74, 6) is 0.565. The molecule has 0 amide bonds. The van der Waals surface area contributed by atoms with Crippen LogP contribution in [0.4, 0.5) is 26.3 Å². The Morgan fingerprint density at radius 2 is 0.789 bits per heavy atom. The number of hydrogen-bond donors (Lipinski definition) is 8. The van der Waals surface area contributed by atoms with Crippen LogP contribution in [0.2, 0.25) is 0 Å². The lowest BCUT2D eigenvalue weighted by Crippen LogP contribution is -2.58. The van der Waals surface area contributed by atoms with Crippen LogP contribution in [0.5, 0.6) is 0 Å². The van der Waals surface area contributed by atoms with Crippen LogP contribution < -0.4 is 45.2 Å². The van der Waals surface area contributed by atoms with E-state index in [1.807, 2.05) is 147 Å². The number of hydrogen-bond acceptors (Lipinski definition) is 21. The fraction of sp³-hybridized carbons (Fsp3) is 0.307. The number of nitrogens with zero attached hydrogens (tertiary/aromatic N) is 11. The summed E-state index contributed by atoms with van der Waals surface area (Å²) in [6.07, 6.45) is 3.71. The van der Waals surface area contributed by atoms with E-state index in [0.29, 0.717) is 124 Å². The van der Waals surface area contributed by atoms with E-state index < -0.39 is 69.9 Å². The summed E-state index contributed by atoms with van der Waals surface area (Å²) in [6, 6.07) is 59.0. The second-order valence-electron chi connectivity index (χ2n) is 34.6. The molecule has 4 fully saturated rings. The number of alkyl halides is 6. The SMILES string of the molecule is C.C.C.C.CC1(O)CC(N)(c2ccc(-c3oc4ncn(CC(F)(F)F)c(=O)c4c3-c3ccccn3)cc2)C1.CC1(O)CC(N)(c2ccc(-c3oc4ncn(CC(F)(F)F)c(=O)c4c3-c3ccncc3)cc2)C1.CCn1cnc2c(c(-c3ccccc3)c(-c3ccc(C4(N)CC(O)C4)cc3)n2C)c1=O.CCn1cnc2sc(-c3ccc(C4(N)CC(O)C4)cc3)c(-c3ccccc3)c2c1=O. The van der Waals surface area contributed by atoms with E-state index in [1.54, 1.807) is 102 Å². The number of aromatic nitrogens is 11. The van der Waals surface area contributed by atoms with Gasteiger partial charge in [0.05, 0.1) is 63.8 Å². The third-order valence-corrected chi connectivity index (χ3v) is 25.8. The first kappa shape index (κ1) is 97.5. The van der Waals surface area contributed by atoms with Crippen molar-refractivity contribution >= 4 is 54.8 Å². The summed E-state index contributed by atoms with van der Waals surface area (Å²) in [4.78, 5) is 79.7. The van der Waals surface area contributed by atoms with Gasteiger partial charge in [0, 0.05) is 93.6 Å². The normalized spacial score (nSPS) is 21.1. The van der Waals surface area contributed by atoms with Gasteiger partial charge in [0.25, 0.3) is 22.2 Å². The number of aliphatic hydroxyl groups excluding tert-OH is 2. The van der Waals surface area contributed by atoms with Gasteiger partial charge in [-0.15, -0.1) is 11.3 Å². The van der Waals surface area contributed by atoms with Crippen molar-refractivity contribution in [3.8, 4) is 89.0 Å². The minimum absolute atomic E-state index is 0. The van der Waals surface area contributed by atoms with Crippen LogP contribution in [0, 0.1) is 0 Å². The molecule has 12 N–H and O–H groups in total. The van der Waals surface area contributed by atoms with Crippen molar-refractivity contribution in [2.45, 2.75) is 193 Å². The molecule has 0 bridgehead atoms. The molecular formula is C101H107F6N15O10S. The second-order valence-corrected chi connectivity index (χ2v) is 35.6. The molecule has 0 saturated heterocycles. The lowest BCUT2D eigenvalue weighted by molar-refractivity contribution is -0.142. The predicted octanol–water partition coefficient (Wildman–Crippen LogP) is 18.0. The van der Waals surface area contributed by atoms with Crippen molar-refractivity contribution in [1.82, 2.24) is 52.7 Å². The van der Waals surface area contributed by atoms with Gasteiger partial charge in [-0.2, -0.15) is 26.3 Å². The summed E-state index contributed by atoms with van der Waals surface area (Å²) in [5.41, 5.74) is 33.9. The van der Waals surface area contributed by atoms with E-state index in [4.69, 9.17) is 31.8 Å². The van der Waals surface area contributed by atoms with Crippen LogP contribution in [0.3, 0.4) is 0 Å². The number of aliphatic hydroxyl groups is 4. The lowest BCUT2D eigenvalue weighted by atomic mass is 9.63. The maximum Gasteiger partial charge on any atom is 0.406 e. The zero-order valence-corrected chi connectivity index (χ0v) is 71.5. The average molecular weight is 1840 g/mol. The van der Waals surface area contributed by atoms with Crippen molar-refractivity contribution in [3.05, 3.63) is 296 Å². The molecule has 25 nitrogen and oxygen atoms in total. The Kier molecular flexibility index (Phi) is 27.3. The van der Waals surface area contributed by atoms with Crippen molar-refractivity contribution in [3.63, 3.8) is 0 Å². The molecule has 32 heteroatoms. The van der Waals surface area contributed by atoms with E-state index in [2.05, 4.69) is 42.0 Å². The highest BCUT2D eigenvalue weighted by atomic mass is 32.1. The molecule has 0 radical (unpaired) electrons. The molecule has 4 aliphatic carbocycles. The number of fused-ring (bicyclic) bond motifs is 4. The van der Waals surface area contributed by atoms with Gasteiger partial charge in [0.2, 0.25) is 11.4 Å². The molecule has 6 aromatic carbocycles. The van der Waals surface area contributed by atoms with Gasteiger partial charge >= 0.3 is 12.4 Å². The minimum atomic E-state index is -4.59. The van der Waals surface area contributed by atoms with Crippen LogP contribution in [0.15, 0.2) is 260 Å². The number of benzene rings is 6. The molecule has 16 aromatic rings. The van der Waals surface area contributed by atoms with Crippen molar-refractivity contribution < 1.29 is 55.6 Å². The maximum absolute atomic E-state index is 13.3. The number of halogens is 6. The topological polar surface area (TPSA) is 382 Å². The molecule has 10 aromatic heterocycles. The summed E-state index contributed by atoms with van der Waals surface area (Å²) in [7, 11) is 1.95. The molecule has 694 valence electrons. The van der Waals surface area contributed by atoms with E-state index in [0.717, 1.165) is 83.7 Å². The number of pyridine rings is 2. The predicted molar refractivity (Wildman–Crippen MR) is 509 cm³/mol. The molecule has 0 atom stereocenters. The van der Waals surface area contributed by atoms with Crippen molar-refractivity contribution in [2.75, 3.05) is 0 Å². The van der Waals surface area contributed by atoms with Gasteiger partial charge in [-0.1, -0.05) is 193 Å². The minimum Gasteiger partial charge on any atom is -0.437 e. The van der Waals surface area contributed by atoms with E-state index >= 15 is 0 Å². The third kappa shape index (κ3) is 19.0. The summed E-state index contributed by atoms with van der Waals surface area (Å²) >= 11 is 1.54. The number of thiophene rings is 1. The quantitative estimate of drug-likeness (QED) is 0.0417. The number of aryl methyl sites for hydroxylation is 3. The Morgan fingerprint density at radius 1 is 0.414 bits per heavy atom. The molecule has 10 heterocycles. The largest absolute Gasteiger partial charge is 0.437 e. The molecule has 133 heavy (non-hydrogen) atoms. The van der Waals surface area contributed by atoms with E-state index in [9.17, 15) is 65.9 Å². The number of furan rings is 2. The average Bonchev–Trinajstić information content (AvgIpc) is 1.58. The van der Waals surface area contributed by atoms with Crippen molar-refractivity contribution in [1.29, 1.82) is 0 Å². The van der Waals surface area contributed by atoms with Gasteiger partial charge in [-0.3, -0.25) is 47.4 Å². The van der Waals surface area contributed by atoms with Gasteiger partial charge in [0.15, 0.2) is 0 Å². The Hall–Kier alpha value is -13.0. The molecular weight excluding hydrogens is 1730 g/mol. The van der Waals surface area contributed by atoms with Crippen LogP contribution in [0.25, 0.3) is 132 Å². The first-order chi connectivity index (χ1) is 61.3. The van der Waals surface area contributed by atoms with Crippen LogP contribution in [-0.4, -0.2) is 109 Å². The highest BCUT2D eigenvalue weighted by molar-refractivity contribution is 7.22. The Labute approximate surface area is 766 Å². The van der Waals surface area contributed by atoms with Crippen LogP contribution in [0.1, 0.15) is 131 Å². The highest BCUT2D eigenvalue weighted by Crippen LogP contribution is 2.51. The summed E-state index contributed by atoms with van der Waals surface area (Å²) in [5, 5.41) is 40.8. The zero-order chi connectivity index (χ0) is 91.2. The third-order valence-electron chi connectivity index (χ3n) is 24.7. The van der Waals surface area contributed by atoms with Gasteiger partial charge in [-0.05, 0) is 153 Å². The maximum atomic E-state index is 13.3. The van der Waals surface area contributed by atoms with Gasteiger partial charge in [-0.25, -0.2) is 19.9 Å². The summed E-state index contributed by atoms with van der Waals surface area (Å²) < 4.78 is 96.0. The standard InChI is InChI=1S/C25H26N4O2.2C24H21F3N4O3.C24H23N3O2S.4CH4/c1-3-29-15-27-23-21(24(29)31)20(16-7-5-4-6-8-16)22(28(23)2)17-9-11-18(12-10-17)25(26)13-19(30)14-25;1-22(33)10-23(28,11-22)16-4-2-15(3-5-16)19-17(14-6-8-29-9-7-14)18-20(34-19)30-13-31(21(18)32)12-24(25,26)27;1-22(33)10-23(28,11-22)15-7-5-14(6-8-15)19-17(16-4-2-3-9-29-16)18-20(34-19)30-13-31(21(18)32)12-24(25,26)27;1-2-27-14-26-22-20(23(27)29)19(15-6-4-3-5-7-15)21(30-22)16-8-10-17(11-9-16)24(25)12-18(28)13-24;;;;/h4-12,15,19,30H,3,13-14,26H2,1-2H3;2*2-9,13,33H,10-12,28H2,1H3;3-11,14,18,28H,2,12-13,25H2,1H3;4*1H4. The highest BCUT2D eigenvalue weighted by Gasteiger charge is 2.51. The molecule has 0 aliphatic heterocycles. The van der Waals surface area contributed by atoms with Crippen LogP contribution >= 0.6 is 11.3 Å². The first-order valence-electron chi connectivity index (χ1n) is 41.9. The summed E-state index contributed by atoms with van der Waals surface area (Å²) in [6.45, 7) is 5.59. The number of rotatable bonds is 16. The zero-order valence-electron chi connectivity index (χ0n) is 70.7. The van der Waals surface area contributed by atoms with E-state index in [-0.39, 0.29) is 86.6 Å². The monoisotopic (exact) mass is 1840 g/mol. The Morgan fingerprint density at radius 3 is 1.21 bits per heavy atom. The number of nitrogens with two attached hydrogens (primary N) is 4. The molecule has 20 rings (SSSR count). The lowest BCUT2D eigenvalue weighted by Gasteiger charge is -2.49. The van der Waals surface area contributed by atoms with Crippen LogP contribution in [-0.2, 0) is 55.4 Å². The molecule has 0 unspecified atom stereocenters. The second kappa shape index (κ2) is 37.2. The van der Waals surface area contributed by atoms with Crippen molar-refractivity contribution in [2.24, 2.45) is 30.0 Å². The van der Waals surface area contributed by atoms with Gasteiger partial charge in [0.1, 0.15) is 58.5 Å². The molecule has 4 aliphatic rings. The Balaban J connectivity index is 0.000000149. The smallest absolute Gasteiger partial charge is 0.406 e. The molecule has 4 saturated carbocycles. The Bertz CT molecular complexity index is 6910. The first-order valence-corrected chi connectivity index (χ1v) is 42.8.